The Bertz CT molecular complexity index is 869. The molecule has 0 spiro atoms. The number of fused-ring (bicyclic) bond motifs is 1. The van der Waals surface area contributed by atoms with Gasteiger partial charge in [0, 0.05) is 13.6 Å². The molecule has 0 bridgehead atoms. The van der Waals surface area contributed by atoms with Gasteiger partial charge >= 0.3 is 6.03 Å². The minimum atomic E-state index is -0.443. The molecule has 2 saturated heterocycles. The summed E-state index contributed by atoms with van der Waals surface area (Å²) in [6.45, 7) is 5.64. The van der Waals surface area contributed by atoms with Crippen LogP contribution in [0, 0.1) is 6.92 Å². The molecular formula is C30H49N5O2. The number of aliphatic imine (C=N–C) groups is 1. The van der Waals surface area contributed by atoms with Crippen LogP contribution in [-0.4, -0.2) is 53.5 Å². The third-order valence-electron chi connectivity index (χ3n) is 7.70. The SMILES string of the molecule is CCCCCCCCCCCCCCCCN1C(=NCc2ccc(C)cc2)NC2C1C(=O)NC(=O)N2C. The minimum Gasteiger partial charge on any atom is -0.333 e. The summed E-state index contributed by atoms with van der Waals surface area (Å²) < 4.78 is 0. The number of hydrogen-bond acceptors (Lipinski definition) is 3. The molecule has 2 aliphatic heterocycles. The molecule has 1 aromatic carbocycles. The molecule has 7 heteroatoms. The Morgan fingerprint density at radius 1 is 0.811 bits per heavy atom. The van der Waals surface area contributed by atoms with Crippen molar-refractivity contribution in [2.24, 2.45) is 4.99 Å². The van der Waals surface area contributed by atoms with Gasteiger partial charge in [-0.25, -0.2) is 9.79 Å². The number of aryl methyl sites for hydroxylation is 1. The topological polar surface area (TPSA) is 77.0 Å². The van der Waals surface area contributed by atoms with Crippen LogP contribution in [0.4, 0.5) is 4.79 Å². The third-order valence-corrected chi connectivity index (χ3v) is 7.70. The molecule has 7 nitrogen and oxygen atoms in total. The third kappa shape index (κ3) is 9.04. The van der Waals surface area contributed by atoms with Crippen LogP contribution in [0.3, 0.4) is 0 Å². The molecule has 2 N–H and O–H groups in total. The number of nitrogens with zero attached hydrogens (tertiary/aromatic N) is 3. The lowest BCUT2D eigenvalue weighted by Crippen LogP contribution is -2.64. The molecule has 2 atom stereocenters. The number of hydrogen-bond donors (Lipinski definition) is 2. The average Bonchev–Trinajstić information content (AvgIpc) is 3.26. The van der Waals surface area contributed by atoms with Crippen LogP contribution in [0.15, 0.2) is 29.3 Å². The molecule has 37 heavy (non-hydrogen) atoms. The van der Waals surface area contributed by atoms with Crippen molar-refractivity contribution in [1.82, 2.24) is 20.4 Å². The molecule has 2 fully saturated rings. The van der Waals surface area contributed by atoms with Crippen molar-refractivity contribution in [3.05, 3.63) is 35.4 Å². The summed E-state index contributed by atoms with van der Waals surface area (Å²) >= 11 is 0. The first-order valence-corrected chi connectivity index (χ1v) is 14.7. The number of likely N-dealkylation sites (N-methyl/N-ethyl adjacent to an activating group) is 1. The van der Waals surface area contributed by atoms with Gasteiger partial charge in [-0.15, -0.1) is 0 Å². The largest absolute Gasteiger partial charge is 0.333 e. The summed E-state index contributed by atoms with van der Waals surface area (Å²) in [5.41, 5.74) is 2.35. The molecule has 2 unspecified atom stereocenters. The maximum atomic E-state index is 12.8. The second kappa shape index (κ2) is 15.6. The quantitative estimate of drug-likeness (QED) is 0.247. The second-order valence-corrected chi connectivity index (χ2v) is 10.9. The van der Waals surface area contributed by atoms with E-state index in [1.807, 2.05) is 0 Å². The van der Waals surface area contributed by atoms with Crippen LogP contribution in [-0.2, 0) is 11.3 Å². The van der Waals surface area contributed by atoms with Crippen LogP contribution in [0.5, 0.6) is 0 Å². The average molecular weight is 512 g/mol. The number of imide groups is 1. The molecule has 206 valence electrons. The fourth-order valence-electron chi connectivity index (χ4n) is 5.30. The van der Waals surface area contributed by atoms with Gasteiger partial charge in [0.1, 0.15) is 6.17 Å². The number of unbranched alkanes of at least 4 members (excludes halogenated alkanes) is 13. The van der Waals surface area contributed by atoms with Crippen LogP contribution >= 0.6 is 0 Å². The van der Waals surface area contributed by atoms with E-state index in [2.05, 4.69) is 53.6 Å². The molecule has 3 rings (SSSR count). The minimum absolute atomic E-state index is 0.244. The maximum Gasteiger partial charge on any atom is 0.325 e. The Labute approximate surface area is 224 Å². The lowest BCUT2D eigenvalue weighted by Gasteiger charge is -2.35. The zero-order valence-corrected chi connectivity index (χ0v) is 23.4. The standard InChI is InChI=1S/C30H49N5O2/c1-4-5-6-7-8-9-10-11-12-13-14-15-16-17-22-35-26-27(34(3)30(37)33-28(26)36)32-29(35)31-23-25-20-18-24(2)19-21-25/h18-21,26-27H,4-17,22-23H2,1-3H3,(H,31,32)(H,33,36,37). The van der Waals surface area contributed by atoms with E-state index in [1.165, 1.54) is 82.6 Å². The second-order valence-electron chi connectivity index (χ2n) is 10.9. The van der Waals surface area contributed by atoms with Gasteiger partial charge in [0.2, 0.25) is 0 Å². The number of carbonyl (C=O) groups is 2. The molecule has 1 aromatic rings. The number of nitrogens with one attached hydrogen (secondary N) is 2. The van der Waals surface area contributed by atoms with Crippen LogP contribution in [0.25, 0.3) is 0 Å². The highest BCUT2D eigenvalue weighted by molar-refractivity contribution is 6.04. The van der Waals surface area contributed by atoms with E-state index in [9.17, 15) is 9.59 Å². The fourth-order valence-corrected chi connectivity index (χ4v) is 5.30. The van der Waals surface area contributed by atoms with E-state index in [0.29, 0.717) is 12.5 Å². The van der Waals surface area contributed by atoms with E-state index in [-0.39, 0.29) is 18.1 Å². The highest BCUT2D eigenvalue weighted by Crippen LogP contribution is 2.22. The first-order valence-electron chi connectivity index (χ1n) is 14.7. The van der Waals surface area contributed by atoms with Crippen LogP contribution in [0.2, 0.25) is 0 Å². The predicted octanol–water partition coefficient (Wildman–Crippen LogP) is 6.11. The molecule has 0 saturated carbocycles. The Kier molecular flexibility index (Phi) is 12.2. The van der Waals surface area contributed by atoms with E-state index >= 15 is 0 Å². The number of amides is 3. The molecule has 2 aliphatic rings. The molecule has 0 radical (unpaired) electrons. The van der Waals surface area contributed by atoms with Gasteiger partial charge < -0.3 is 15.1 Å². The summed E-state index contributed by atoms with van der Waals surface area (Å²) in [6.07, 6.45) is 18.1. The molecule has 0 aromatic heterocycles. The van der Waals surface area contributed by atoms with Crippen molar-refractivity contribution < 1.29 is 9.59 Å². The van der Waals surface area contributed by atoms with E-state index in [4.69, 9.17) is 4.99 Å². The van der Waals surface area contributed by atoms with Crippen LogP contribution in [0.1, 0.15) is 108 Å². The normalized spacial score (nSPS) is 20.4. The number of guanidine groups is 1. The van der Waals surface area contributed by atoms with E-state index in [1.54, 1.807) is 11.9 Å². The smallest absolute Gasteiger partial charge is 0.325 e. The molecule has 0 aliphatic carbocycles. The van der Waals surface area contributed by atoms with Crippen LogP contribution < -0.4 is 10.6 Å². The van der Waals surface area contributed by atoms with Gasteiger partial charge in [-0.1, -0.05) is 120 Å². The van der Waals surface area contributed by atoms with Crippen molar-refractivity contribution in [3.63, 3.8) is 0 Å². The molecule has 3 amide bonds. The highest BCUT2D eigenvalue weighted by Gasteiger charge is 2.49. The summed E-state index contributed by atoms with van der Waals surface area (Å²) in [6, 6.07) is 7.54. The Morgan fingerprint density at radius 2 is 1.35 bits per heavy atom. The summed E-state index contributed by atoms with van der Waals surface area (Å²) in [5.74, 6) is 0.466. The van der Waals surface area contributed by atoms with E-state index < -0.39 is 6.04 Å². The van der Waals surface area contributed by atoms with Gasteiger partial charge in [0.15, 0.2) is 12.0 Å². The van der Waals surface area contributed by atoms with Crippen molar-refractivity contribution >= 4 is 17.9 Å². The van der Waals surface area contributed by atoms with Gasteiger partial charge in [-0.05, 0) is 18.9 Å². The number of benzene rings is 1. The fraction of sp³-hybridized carbons (Fsp3) is 0.700. The zero-order valence-electron chi connectivity index (χ0n) is 23.4. The van der Waals surface area contributed by atoms with Gasteiger partial charge in [0.25, 0.3) is 5.91 Å². The number of carbonyl (C=O) groups excluding carboxylic acids is 2. The Balaban J connectivity index is 1.40. The maximum absolute atomic E-state index is 12.8. The van der Waals surface area contributed by atoms with Crippen molar-refractivity contribution in [3.8, 4) is 0 Å². The summed E-state index contributed by atoms with van der Waals surface area (Å²) in [5, 5.41) is 5.85. The Morgan fingerprint density at radius 3 is 1.92 bits per heavy atom. The lowest BCUT2D eigenvalue weighted by molar-refractivity contribution is -0.127. The number of rotatable bonds is 17. The lowest BCUT2D eigenvalue weighted by atomic mass is 10.0. The van der Waals surface area contributed by atoms with Gasteiger partial charge in [0.05, 0.1) is 6.54 Å². The number of urea groups is 1. The zero-order chi connectivity index (χ0) is 26.5. The summed E-state index contributed by atoms with van der Waals surface area (Å²) in [7, 11) is 1.72. The van der Waals surface area contributed by atoms with Gasteiger partial charge in [-0.2, -0.15) is 0 Å². The monoisotopic (exact) mass is 511 g/mol. The highest BCUT2D eigenvalue weighted by atomic mass is 16.2. The first kappa shape index (κ1) is 29.0. The van der Waals surface area contributed by atoms with Gasteiger partial charge in [-0.3, -0.25) is 10.1 Å². The predicted molar refractivity (Wildman–Crippen MR) is 151 cm³/mol. The van der Waals surface area contributed by atoms with Crippen molar-refractivity contribution in [2.45, 2.75) is 122 Å². The first-order chi connectivity index (χ1) is 18.0. The summed E-state index contributed by atoms with van der Waals surface area (Å²) in [4.78, 5) is 33.4. The molecular weight excluding hydrogens is 462 g/mol. The Hall–Kier alpha value is -2.57. The van der Waals surface area contributed by atoms with Crippen molar-refractivity contribution in [1.29, 1.82) is 0 Å². The van der Waals surface area contributed by atoms with E-state index in [0.717, 1.165) is 24.9 Å². The van der Waals surface area contributed by atoms with Crippen molar-refractivity contribution in [2.75, 3.05) is 13.6 Å². The molecule has 2 heterocycles.